The van der Waals surface area contributed by atoms with Gasteiger partial charge in [0.15, 0.2) is 0 Å². The summed E-state index contributed by atoms with van der Waals surface area (Å²) < 4.78 is 0. The quantitative estimate of drug-likeness (QED) is 0.541. The smallest absolute Gasteiger partial charge is 0 e. The minimum atomic E-state index is 0. The molecule has 2 aliphatic rings. The molecule has 2 fully saturated rings. The molecule has 0 aliphatic heterocycles. The standard InChI is InChI=1S/C10H15.C5H5.ClH.Ir/c1-6-7(2)9(4)10(5)8(6)3;1-2-4-5-3-1;;/h1-5H3;1-5H;1H;/p-1. The average Bonchev–Trinajstić information content (AvgIpc) is 2.86. The molecule has 0 aromatic heterocycles. The van der Waals surface area contributed by atoms with Gasteiger partial charge in [-0.1, -0.05) is 34.6 Å². The Balaban J connectivity index is 0. The molecule has 97 valence electrons. The molecule has 0 N–H and O–H groups in total. The molecule has 0 amide bonds. The predicted molar refractivity (Wildman–Crippen MR) is 66.1 cm³/mol. The molecule has 0 spiro atoms. The maximum Gasteiger partial charge on any atom is 0 e. The topological polar surface area (TPSA) is 0 Å². The zero-order chi connectivity index (χ0) is 11.4. The van der Waals surface area contributed by atoms with Crippen molar-refractivity contribution in [3.8, 4) is 0 Å². The summed E-state index contributed by atoms with van der Waals surface area (Å²) in [5, 5.41) is 0. The van der Waals surface area contributed by atoms with Gasteiger partial charge in [0.25, 0.3) is 0 Å². The number of hydrogen-bond acceptors (Lipinski definition) is 0. The van der Waals surface area contributed by atoms with E-state index in [4.69, 9.17) is 0 Å². The van der Waals surface area contributed by atoms with Crippen LogP contribution in [0.25, 0.3) is 0 Å². The van der Waals surface area contributed by atoms with Crippen LogP contribution in [0.5, 0.6) is 0 Å². The van der Waals surface area contributed by atoms with Crippen LogP contribution in [0.3, 0.4) is 0 Å². The molecule has 0 unspecified atom stereocenters. The Morgan fingerprint density at radius 3 is 0.706 bits per heavy atom. The van der Waals surface area contributed by atoms with Crippen LogP contribution >= 0.6 is 0 Å². The molecule has 17 heavy (non-hydrogen) atoms. The van der Waals surface area contributed by atoms with Gasteiger partial charge in [0.2, 0.25) is 0 Å². The first-order valence-corrected chi connectivity index (χ1v) is 5.42. The van der Waals surface area contributed by atoms with Crippen molar-refractivity contribution in [2.24, 2.45) is 0 Å². The largest absolute Gasteiger partial charge is 1.00 e. The zero-order valence-electron chi connectivity index (χ0n) is 11.1. The van der Waals surface area contributed by atoms with E-state index in [1.54, 1.807) is 0 Å². The number of halogens is 1. The van der Waals surface area contributed by atoms with Gasteiger partial charge >= 0.3 is 0 Å². The third kappa shape index (κ3) is 5.62. The molecule has 2 saturated carbocycles. The Morgan fingerprint density at radius 2 is 0.588 bits per heavy atom. The van der Waals surface area contributed by atoms with E-state index in [9.17, 15) is 0 Å². The maximum absolute atomic E-state index is 2.20. The van der Waals surface area contributed by atoms with Gasteiger partial charge in [0.05, 0.1) is 0 Å². The van der Waals surface area contributed by atoms with Gasteiger partial charge in [-0.15, -0.1) is 0 Å². The van der Waals surface area contributed by atoms with E-state index in [2.05, 4.69) is 34.6 Å². The molecule has 0 bridgehead atoms. The molecule has 2 heteroatoms. The molecule has 2 aliphatic carbocycles. The summed E-state index contributed by atoms with van der Waals surface area (Å²) in [5.74, 6) is 7.34. The van der Waals surface area contributed by atoms with Crippen molar-refractivity contribution < 1.29 is 32.5 Å². The molecular weight excluding hydrogens is 408 g/mol. The van der Waals surface area contributed by atoms with Crippen LogP contribution < -0.4 is 12.4 Å². The second-order valence-corrected chi connectivity index (χ2v) is 4.09. The van der Waals surface area contributed by atoms with Crippen LogP contribution in [0, 0.1) is 61.7 Å². The maximum atomic E-state index is 2.20. The van der Waals surface area contributed by atoms with Gasteiger partial charge in [-0.05, 0) is 61.7 Å². The van der Waals surface area contributed by atoms with Crippen molar-refractivity contribution >= 4 is 0 Å². The minimum Gasteiger partial charge on any atom is -1.00 e. The van der Waals surface area contributed by atoms with Crippen molar-refractivity contribution in [2.45, 2.75) is 34.6 Å². The summed E-state index contributed by atoms with van der Waals surface area (Å²) in [4.78, 5) is 0. The van der Waals surface area contributed by atoms with Crippen LogP contribution in [0.1, 0.15) is 34.6 Å². The third-order valence-electron chi connectivity index (χ3n) is 3.37. The molecule has 0 saturated heterocycles. The monoisotopic (exact) mass is 428 g/mol. The minimum absolute atomic E-state index is 0. The van der Waals surface area contributed by atoms with Gasteiger partial charge in [-0.25, -0.2) is 0 Å². The summed E-state index contributed by atoms with van der Waals surface area (Å²) in [7, 11) is 0. The van der Waals surface area contributed by atoms with Crippen molar-refractivity contribution in [3.05, 3.63) is 61.7 Å². The van der Waals surface area contributed by atoms with Gasteiger partial charge in [0.1, 0.15) is 0 Å². The van der Waals surface area contributed by atoms with Gasteiger partial charge in [0, 0.05) is 20.1 Å². The molecule has 0 nitrogen and oxygen atoms in total. The second kappa shape index (κ2) is 9.82. The molecular formula is C15H20ClIr-. The van der Waals surface area contributed by atoms with E-state index < -0.39 is 0 Å². The Bertz CT molecular complexity index is 127. The van der Waals surface area contributed by atoms with E-state index in [-0.39, 0.29) is 32.5 Å². The average molecular weight is 428 g/mol. The normalized spacial score (nSPS) is 23.8. The van der Waals surface area contributed by atoms with Crippen LogP contribution in [-0.4, -0.2) is 0 Å². The molecule has 0 atom stereocenters. The summed E-state index contributed by atoms with van der Waals surface area (Å²) in [6.45, 7) is 11.0. The number of rotatable bonds is 0. The molecule has 0 aromatic rings. The summed E-state index contributed by atoms with van der Waals surface area (Å²) in [6.07, 6.45) is 10.0. The molecule has 11 radical (unpaired) electrons. The van der Waals surface area contributed by atoms with E-state index in [1.165, 1.54) is 29.6 Å². The Kier molecular flexibility index (Phi) is 11.7. The van der Waals surface area contributed by atoms with Crippen molar-refractivity contribution in [1.82, 2.24) is 0 Å². The fourth-order valence-corrected chi connectivity index (χ4v) is 1.73. The van der Waals surface area contributed by atoms with Crippen molar-refractivity contribution in [3.63, 3.8) is 0 Å². The van der Waals surface area contributed by atoms with Crippen LogP contribution in [-0.2, 0) is 20.1 Å². The Labute approximate surface area is 128 Å². The zero-order valence-corrected chi connectivity index (χ0v) is 14.2. The summed E-state index contributed by atoms with van der Waals surface area (Å²) >= 11 is 0. The van der Waals surface area contributed by atoms with Gasteiger partial charge in [-0.3, -0.25) is 0 Å². The van der Waals surface area contributed by atoms with E-state index in [0.717, 1.165) is 0 Å². The van der Waals surface area contributed by atoms with Crippen molar-refractivity contribution in [2.75, 3.05) is 0 Å². The fourth-order valence-electron chi connectivity index (χ4n) is 1.73. The predicted octanol–water partition coefficient (Wildman–Crippen LogP) is 0.995. The van der Waals surface area contributed by atoms with Crippen LogP contribution in [0.4, 0.5) is 0 Å². The van der Waals surface area contributed by atoms with Gasteiger partial charge in [-0.2, -0.15) is 0 Å². The van der Waals surface area contributed by atoms with Gasteiger partial charge < -0.3 is 12.4 Å². The molecule has 2 rings (SSSR count). The van der Waals surface area contributed by atoms with E-state index >= 15 is 0 Å². The summed E-state index contributed by atoms with van der Waals surface area (Å²) in [6, 6.07) is 0. The first-order valence-electron chi connectivity index (χ1n) is 5.42. The fraction of sp³-hybridized carbons (Fsp3) is 0.333. The molecule has 0 heterocycles. The Hall–Kier alpha value is 0.939. The van der Waals surface area contributed by atoms with Crippen LogP contribution in [0.2, 0.25) is 0 Å². The Morgan fingerprint density at radius 1 is 0.471 bits per heavy atom. The summed E-state index contributed by atoms with van der Waals surface area (Å²) in [5.41, 5.74) is 0. The van der Waals surface area contributed by atoms with E-state index in [1.807, 2.05) is 32.1 Å². The van der Waals surface area contributed by atoms with E-state index in [0.29, 0.717) is 0 Å². The first-order chi connectivity index (χ1) is 7.05. The van der Waals surface area contributed by atoms with Crippen molar-refractivity contribution in [1.29, 1.82) is 0 Å². The SMILES string of the molecule is C[C]1[C](C)[C](C)[C](C)[C]1C.[CH]1[CH][CH][CH][CH]1.[Cl-].[Ir]. The van der Waals surface area contributed by atoms with Crippen LogP contribution in [0.15, 0.2) is 0 Å². The molecule has 0 aromatic carbocycles. The number of hydrogen-bond donors (Lipinski definition) is 0. The second-order valence-electron chi connectivity index (χ2n) is 4.09. The third-order valence-corrected chi connectivity index (χ3v) is 3.37. The first kappa shape index (κ1) is 20.3.